The number of nitriles is 1. The largest absolute Gasteiger partial charge is 0.480 e. The predicted molar refractivity (Wildman–Crippen MR) is 65.9 cm³/mol. The van der Waals surface area contributed by atoms with Crippen molar-refractivity contribution in [2.24, 2.45) is 0 Å². The van der Waals surface area contributed by atoms with Crippen LogP contribution in [-0.4, -0.2) is 57.2 Å². The molecular weight excluding hydrogens is 254 g/mol. The maximum Gasteiger partial charge on any atom is 0.327 e. The van der Waals surface area contributed by atoms with Crippen molar-refractivity contribution in [3.05, 3.63) is 0 Å². The second-order valence-corrected chi connectivity index (χ2v) is 5.44. The van der Waals surface area contributed by atoms with E-state index in [9.17, 15) is 9.59 Å². The van der Waals surface area contributed by atoms with Crippen molar-refractivity contribution < 1.29 is 14.7 Å². The number of amides is 2. The van der Waals surface area contributed by atoms with E-state index in [1.165, 1.54) is 16.7 Å². The summed E-state index contributed by atoms with van der Waals surface area (Å²) >= 11 is 1.45. The first-order valence-corrected chi connectivity index (χ1v) is 7.05. The molecule has 0 aromatic carbocycles. The van der Waals surface area contributed by atoms with Crippen molar-refractivity contribution in [1.29, 1.82) is 5.26 Å². The van der Waals surface area contributed by atoms with Gasteiger partial charge in [-0.3, -0.25) is 0 Å². The maximum absolute atomic E-state index is 12.3. The molecule has 1 atom stereocenters. The zero-order chi connectivity index (χ0) is 13.1. The molecule has 0 spiro atoms. The summed E-state index contributed by atoms with van der Waals surface area (Å²) in [5, 5.41) is 17.7. The van der Waals surface area contributed by atoms with Crippen LogP contribution in [0, 0.1) is 11.3 Å². The highest BCUT2D eigenvalue weighted by atomic mass is 32.2. The Morgan fingerprint density at radius 2 is 2.22 bits per heavy atom. The van der Waals surface area contributed by atoms with E-state index in [4.69, 9.17) is 10.4 Å². The molecule has 1 heterocycles. The minimum Gasteiger partial charge on any atom is -0.480 e. The normalized spacial score (nSPS) is 22.6. The molecule has 1 saturated carbocycles. The van der Waals surface area contributed by atoms with Gasteiger partial charge in [0.15, 0.2) is 0 Å². The highest BCUT2D eigenvalue weighted by Crippen LogP contribution is 2.30. The van der Waals surface area contributed by atoms with Crippen LogP contribution in [0.2, 0.25) is 0 Å². The molecule has 0 radical (unpaired) electrons. The van der Waals surface area contributed by atoms with Gasteiger partial charge in [0, 0.05) is 18.3 Å². The first-order valence-electron chi connectivity index (χ1n) is 5.90. The van der Waals surface area contributed by atoms with E-state index >= 15 is 0 Å². The van der Waals surface area contributed by atoms with Crippen LogP contribution in [-0.2, 0) is 4.79 Å². The van der Waals surface area contributed by atoms with Gasteiger partial charge in [-0.1, -0.05) is 0 Å². The van der Waals surface area contributed by atoms with Gasteiger partial charge in [0.2, 0.25) is 0 Å². The molecule has 1 saturated heterocycles. The first-order chi connectivity index (χ1) is 8.65. The zero-order valence-electron chi connectivity index (χ0n) is 9.91. The molecule has 7 heteroatoms. The van der Waals surface area contributed by atoms with Crippen molar-refractivity contribution in [3.8, 4) is 6.07 Å². The molecule has 2 rings (SSSR count). The second-order valence-electron chi connectivity index (χ2n) is 4.44. The summed E-state index contributed by atoms with van der Waals surface area (Å²) in [7, 11) is 0. The number of carboxylic acids is 1. The number of aliphatic carboxylic acids is 1. The standard InChI is InChI=1S/C11H15N3O3S/c12-4-1-5-13(8-2-3-8)11(17)14-7-18-6-9(14)10(15)16/h8-9H,1-3,5-7H2,(H,15,16). The monoisotopic (exact) mass is 269 g/mol. The van der Waals surface area contributed by atoms with E-state index in [0.29, 0.717) is 24.6 Å². The van der Waals surface area contributed by atoms with Crippen LogP contribution in [0.5, 0.6) is 0 Å². The Bertz CT molecular complexity index is 391. The Labute approximate surface area is 110 Å². The van der Waals surface area contributed by atoms with Gasteiger partial charge in [-0.15, -0.1) is 11.8 Å². The van der Waals surface area contributed by atoms with Gasteiger partial charge in [0.05, 0.1) is 18.4 Å². The lowest BCUT2D eigenvalue weighted by Crippen LogP contribution is -2.49. The van der Waals surface area contributed by atoms with E-state index in [-0.39, 0.29) is 12.1 Å². The SMILES string of the molecule is N#CCCN(C(=O)N1CSCC1C(=O)O)C1CC1. The van der Waals surface area contributed by atoms with Crippen molar-refractivity contribution >= 4 is 23.8 Å². The van der Waals surface area contributed by atoms with Crippen molar-refractivity contribution in [2.45, 2.75) is 31.3 Å². The summed E-state index contributed by atoms with van der Waals surface area (Å²) in [5.41, 5.74) is 0. The molecule has 0 aromatic heterocycles. The predicted octanol–water partition coefficient (Wildman–Crippen LogP) is 0.944. The molecule has 1 unspecified atom stereocenters. The highest BCUT2D eigenvalue weighted by Gasteiger charge is 2.40. The first kappa shape index (κ1) is 13.0. The molecule has 18 heavy (non-hydrogen) atoms. The maximum atomic E-state index is 12.3. The molecule has 2 aliphatic rings. The molecule has 0 aromatic rings. The average Bonchev–Trinajstić information content (AvgIpc) is 3.05. The van der Waals surface area contributed by atoms with Gasteiger partial charge in [0.25, 0.3) is 0 Å². The zero-order valence-corrected chi connectivity index (χ0v) is 10.7. The molecule has 2 fully saturated rings. The van der Waals surface area contributed by atoms with Gasteiger partial charge in [0.1, 0.15) is 6.04 Å². The van der Waals surface area contributed by atoms with Gasteiger partial charge in [-0.05, 0) is 12.8 Å². The molecule has 0 bridgehead atoms. The third kappa shape index (κ3) is 2.70. The Balaban J connectivity index is 2.03. The number of carbonyl (C=O) groups is 2. The van der Waals surface area contributed by atoms with E-state index < -0.39 is 12.0 Å². The summed E-state index contributed by atoms with van der Waals surface area (Å²) in [5.74, 6) is -0.0898. The molecule has 6 nitrogen and oxygen atoms in total. The molecule has 1 N–H and O–H groups in total. The van der Waals surface area contributed by atoms with Crippen LogP contribution in [0.4, 0.5) is 4.79 Å². The van der Waals surface area contributed by atoms with Crippen LogP contribution < -0.4 is 0 Å². The summed E-state index contributed by atoms with van der Waals surface area (Å²) in [4.78, 5) is 26.4. The number of nitrogens with zero attached hydrogens (tertiary/aromatic N) is 3. The van der Waals surface area contributed by atoms with Crippen LogP contribution in [0.25, 0.3) is 0 Å². The number of hydrogen-bond donors (Lipinski definition) is 1. The second kappa shape index (κ2) is 5.48. The third-order valence-corrected chi connectivity index (χ3v) is 4.12. The van der Waals surface area contributed by atoms with E-state index in [2.05, 4.69) is 0 Å². The molecule has 98 valence electrons. The van der Waals surface area contributed by atoms with Gasteiger partial charge in [-0.2, -0.15) is 5.26 Å². The van der Waals surface area contributed by atoms with Crippen LogP contribution in [0.15, 0.2) is 0 Å². The lowest BCUT2D eigenvalue weighted by Gasteiger charge is -2.29. The number of urea groups is 1. The number of thioether (sulfide) groups is 1. The summed E-state index contributed by atoms with van der Waals surface area (Å²) in [6.45, 7) is 0.396. The van der Waals surface area contributed by atoms with E-state index in [1.807, 2.05) is 6.07 Å². The fourth-order valence-electron chi connectivity index (χ4n) is 1.99. The Kier molecular flexibility index (Phi) is 3.97. The van der Waals surface area contributed by atoms with Crippen molar-refractivity contribution in [1.82, 2.24) is 9.80 Å². The number of hydrogen-bond acceptors (Lipinski definition) is 4. The molecule has 1 aliphatic carbocycles. The molecule has 2 amide bonds. The van der Waals surface area contributed by atoms with Crippen molar-refractivity contribution in [2.75, 3.05) is 18.2 Å². The fraction of sp³-hybridized carbons (Fsp3) is 0.727. The molecular formula is C11H15N3O3S. The van der Waals surface area contributed by atoms with Crippen molar-refractivity contribution in [3.63, 3.8) is 0 Å². The smallest absolute Gasteiger partial charge is 0.327 e. The van der Waals surface area contributed by atoms with Gasteiger partial charge < -0.3 is 14.9 Å². The molecule has 1 aliphatic heterocycles. The highest BCUT2D eigenvalue weighted by molar-refractivity contribution is 7.99. The minimum atomic E-state index is -0.954. The van der Waals surface area contributed by atoms with Crippen LogP contribution in [0.3, 0.4) is 0 Å². The number of rotatable bonds is 4. The summed E-state index contributed by atoms with van der Waals surface area (Å²) < 4.78 is 0. The Morgan fingerprint density at radius 1 is 1.50 bits per heavy atom. The third-order valence-electron chi connectivity index (χ3n) is 3.11. The van der Waals surface area contributed by atoms with E-state index in [1.54, 1.807) is 4.90 Å². The minimum absolute atomic E-state index is 0.200. The lowest BCUT2D eigenvalue weighted by molar-refractivity contribution is -0.140. The number of carboxylic acid groups (broad SMARTS) is 1. The van der Waals surface area contributed by atoms with Crippen LogP contribution in [0.1, 0.15) is 19.3 Å². The van der Waals surface area contributed by atoms with Crippen LogP contribution >= 0.6 is 11.8 Å². The summed E-state index contributed by atoms with van der Waals surface area (Å²) in [6.07, 6.45) is 2.20. The quantitative estimate of drug-likeness (QED) is 0.821. The van der Waals surface area contributed by atoms with E-state index in [0.717, 1.165) is 12.8 Å². The Hall–Kier alpha value is -1.42. The Morgan fingerprint density at radius 3 is 2.78 bits per heavy atom. The average molecular weight is 269 g/mol. The number of carbonyl (C=O) groups excluding carboxylic acids is 1. The van der Waals surface area contributed by atoms with Gasteiger partial charge >= 0.3 is 12.0 Å². The summed E-state index contributed by atoms with van der Waals surface area (Å²) in [6, 6.07) is 1.26. The fourth-order valence-corrected chi connectivity index (χ4v) is 3.13. The lowest BCUT2D eigenvalue weighted by atomic mass is 10.3. The topological polar surface area (TPSA) is 84.6 Å². The van der Waals surface area contributed by atoms with Gasteiger partial charge in [-0.25, -0.2) is 9.59 Å².